The summed E-state index contributed by atoms with van der Waals surface area (Å²) >= 11 is 0. The van der Waals surface area contributed by atoms with Crippen molar-refractivity contribution in [2.45, 2.75) is 6.92 Å². The fraction of sp³-hybridized carbons (Fsp3) is 0.211. The molecular formula is C19H20O5. The largest absolute Gasteiger partial charge is 0.493 e. The van der Waals surface area contributed by atoms with Crippen molar-refractivity contribution in [1.29, 1.82) is 0 Å². The highest BCUT2D eigenvalue weighted by Gasteiger charge is 2.15. The van der Waals surface area contributed by atoms with Gasteiger partial charge in [0, 0.05) is 0 Å². The van der Waals surface area contributed by atoms with Crippen LogP contribution >= 0.6 is 0 Å². The molecule has 1 N–H and O–H groups in total. The molecule has 0 heterocycles. The Morgan fingerprint density at radius 1 is 0.958 bits per heavy atom. The molecule has 0 saturated heterocycles. The van der Waals surface area contributed by atoms with Crippen LogP contribution in [0.3, 0.4) is 0 Å². The minimum absolute atomic E-state index is 0.185. The van der Waals surface area contributed by atoms with Crippen LogP contribution in [0.4, 0.5) is 0 Å². The number of carboxylic acids is 1. The van der Waals surface area contributed by atoms with Crippen LogP contribution < -0.4 is 14.2 Å². The summed E-state index contributed by atoms with van der Waals surface area (Å²) in [5.41, 5.74) is 2.52. The van der Waals surface area contributed by atoms with Crippen LogP contribution in [0.15, 0.2) is 36.4 Å². The van der Waals surface area contributed by atoms with E-state index in [1.807, 2.05) is 19.1 Å². The van der Waals surface area contributed by atoms with E-state index in [-0.39, 0.29) is 5.57 Å². The topological polar surface area (TPSA) is 65.0 Å². The van der Waals surface area contributed by atoms with E-state index >= 15 is 0 Å². The molecule has 0 atom stereocenters. The zero-order valence-electron chi connectivity index (χ0n) is 14.1. The van der Waals surface area contributed by atoms with Gasteiger partial charge in [-0.2, -0.15) is 0 Å². The second kappa shape index (κ2) is 7.55. The zero-order chi connectivity index (χ0) is 17.7. The number of hydrogen-bond donors (Lipinski definition) is 1. The second-order valence-electron chi connectivity index (χ2n) is 5.19. The van der Waals surface area contributed by atoms with Gasteiger partial charge in [0.05, 0.1) is 26.9 Å². The third-order valence-corrected chi connectivity index (χ3v) is 3.59. The molecule has 0 aliphatic rings. The summed E-state index contributed by atoms with van der Waals surface area (Å²) in [6.07, 6.45) is 1.58. The van der Waals surface area contributed by atoms with E-state index in [0.717, 1.165) is 5.56 Å². The monoisotopic (exact) mass is 328 g/mol. The maximum atomic E-state index is 11.7. The summed E-state index contributed by atoms with van der Waals surface area (Å²) in [5, 5.41) is 9.56. The highest BCUT2D eigenvalue weighted by atomic mass is 16.5. The molecule has 2 aromatic rings. The van der Waals surface area contributed by atoms with Gasteiger partial charge in [-0.15, -0.1) is 0 Å². The smallest absolute Gasteiger partial charge is 0.336 e. The van der Waals surface area contributed by atoms with Crippen molar-refractivity contribution in [3.8, 4) is 17.2 Å². The summed E-state index contributed by atoms with van der Waals surface area (Å²) in [7, 11) is 4.55. The standard InChI is InChI=1S/C19H20O5/c1-12-5-7-14(8-6-12)15(19(20)21)9-13-10-16(22-2)18(24-4)17(11-13)23-3/h5-11H,1-4H3,(H,20,21)/b15-9-. The summed E-state index contributed by atoms with van der Waals surface area (Å²) in [4.78, 5) is 11.7. The van der Waals surface area contributed by atoms with E-state index in [0.29, 0.717) is 28.4 Å². The molecule has 0 saturated carbocycles. The van der Waals surface area contributed by atoms with E-state index < -0.39 is 5.97 Å². The first-order valence-electron chi connectivity index (χ1n) is 7.32. The number of aliphatic carboxylic acids is 1. The molecule has 0 aliphatic carbocycles. The molecule has 24 heavy (non-hydrogen) atoms. The predicted octanol–water partition coefficient (Wildman–Crippen LogP) is 3.65. The molecule has 0 amide bonds. The van der Waals surface area contributed by atoms with Crippen LogP contribution in [0, 0.1) is 6.92 Å². The Bertz CT molecular complexity index is 735. The molecule has 126 valence electrons. The van der Waals surface area contributed by atoms with Gasteiger partial charge in [-0.1, -0.05) is 29.8 Å². The van der Waals surface area contributed by atoms with Crippen molar-refractivity contribution in [1.82, 2.24) is 0 Å². The van der Waals surface area contributed by atoms with E-state index in [9.17, 15) is 9.90 Å². The van der Waals surface area contributed by atoms with Crippen LogP contribution in [-0.4, -0.2) is 32.4 Å². The zero-order valence-corrected chi connectivity index (χ0v) is 14.1. The number of benzene rings is 2. The lowest BCUT2D eigenvalue weighted by atomic mass is 10.0. The van der Waals surface area contributed by atoms with Crippen molar-refractivity contribution in [3.05, 3.63) is 53.1 Å². The summed E-state index contributed by atoms with van der Waals surface area (Å²) < 4.78 is 15.9. The molecule has 5 heteroatoms. The first-order chi connectivity index (χ1) is 11.5. The molecule has 2 aromatic carbocycles. The Hall–Kier alpha value is -2.95. The summed E-state index contributed by atoms with van der Waals surface area (Å²) in [6.45, 7) is 1.95. The average molecular weight is 328 g/mol. The molecule has 2 rings (SSSR count). The first kappa shape index (κ1) is 17.4. The van der Waals surface area contributed by atoms with Crippen LogP contribution in [-0.2, 0) is 4.79 Å². The number of methoxy groups -OCH3 is 3. The predicted molar refractivity (Wildman–Crippen MR) is 92.8 cm³/mol. The molecule has 0 unspecified atom stereocenters. The summed E-state index contributed by atoms with van der Waals surface area (Å²) in [5.74, 6) is 0.394. The molecule has 5 nitrogen and oxygen atoms in total. The van der Waals surface area contributed by atoms with Crippen LogP contribution in [0.5, 0.6) is 17.2 Å². The Kier molecular flexibility index (Phi) is 5.47. The minimum atomic E-state index is -1.01. The number of hydrogen-bond acceptors (Lipinski definition) is 4. The third-order valence-electron chi connectivity index (χ3n) is 3.59. The number of carboxylic acid groups (broad SMARTS) is 1. The SMILES string of the molecule is COc1cc(/C=C(\C(=O)O)c2ccc(C)cc2)cc(OC)c1OC. The average Bonchev–Trinajstić information content (AvgIpc) is 2.59. The van der Waals surface area contributed by atoms with Gasteiger partial charge in [0.2, 0.25) is 5.75 Å². The van der Waals surface area contributed by atoms with E-state index in [1.165, 1.54) is 21.3 Å². The Morgan fingerprint density at radius 2 is 1.50 bits per heavy atom. The Balaban J connectivity index is 2.57. The lowest BCUT2D eigenvalue weighted by Crippen LogP contribution is -2.00. The van der Waals surface area contributed by atoms with Crippen LogP contribution in [0.1, 0.15) is 16.7 Å². The molecule has 0 radical (unpaired) electrons. The second-order valence-corrected chi connectivity index (χ2v) is 5.19. The normalized spacial score (nSPS) is 11.1. The molecule has 0 bridgehead atoms. The van der Waals surface area contributed by atoms with E-state index in [2.05, 4.69) is 0 Å². The molecular weight excluding hydrogens is 308 g/mol. The number of rotatable bonds is 6. The fourth-order valence-electron chi connectivity index (χ4n) is 2.35. The lowest BCUT2D eigenvalue weighted by molar-refractivity contribution is -0.130. The van der Waals surface area contributed by atoms with Crippen molar-refractivity contribution >= 4 is 17.6 Å². The van der Waals surface area contributed by atoms with Crippen molar-refractivity contribution in [2.75, 3.05) is 21.3 Å². The minimum Gasteiger partial charge on any atom is -0.493 e. The maximum Gasteiger partial charge on any atom is 0.336 e. The fourth-order valence-corrected chi connectivity index (χ4v) is 2.35. The van der Waals surface area contributed by atoms with Crippen molar-refractivity contribution < 1.29 is 24.1 Å². The maximum absolute atomic E-state index is 11.7. The van der Waals surface area contributed by atoms with Crippen molar-refractivity contribution in [3.63, 3.8) is 0 Å². The van der Waals surface area contributed by atoms with Gasteiger partial charge < -0.3 is 19.3 Å². The van der Waals surface area contributed by atoms with Gasteiger partial charge in [0.25, 0.3) is 0 Å². The van der Waals surface area contributed by atoms with E-state index in [1.54, 1.807) is 30.3 Å². The highest BCUT2D eigenvalue weighted by Crippen LogP contribution is 2.39. The van der Waals surface area contributed by atoms with Gasteiger partial charge in [-0.05, 0) is 36.3 Å². The number of ether oxygens (including phenoxy) is 3. The van der Waals surface area contributed by atoms with Gasteiger partial charge in [-0.25, -0.2) is 4.79 Å². The Morgan fingerprint density at radius 3 is 1.92 bits per heavy atom. The molecule has 0 fully saturated rings. The van der Waals surface area contributed by atoms with Gasteiger partial charge in [0.1, 0.15) is 0 Å². The quantitative estimate of drug-likeness (QED) is 0.648. The highest BCUT2D eigenvalue weighted by molar-refractivity contribution is 6.20. The first-order valence-corrected chi connectivity index (χ1v) is 7.32. The van der Waals surface area contributed by atoms with Gasteiger partial charge in [0.15, 0.2) is 11.5 Å². The number of aryl methyl sites for hydroxylation is 1. The Labute approximate surface area is 141 Å². The van der Waals surface area contributed by atoms with Crippen LogP contribution in [0.2, 0.25) is 0 Å². The van der Waals surface area contributed by atoms with Crippen LogP contribution in [0.25, 0.3) is 11.6 Å². The lowest BCUT2D eigenvalue weighted by Gasteiger charge is -2.13. The van der Waals surface area contributed by atoms with Crippen molar-refractivity contribution in [2.24, 2.45) is 0 Å². The number of carbonyl (C=O) groups is 1. The summed E-state index contributed by atoms with van der Waals surface area (Å²) in [6, 6.07) is 10.7. The molecule has 0 aromatic heterocycles. The molecule has 0 aliphatic heterocycles. The van der Waals surface area contributed by atoms with Gasteiger partial charge >= 0.3 is 5.97 Å². The van der Waals surface area contributed by atoms with Gasteiger partial charge in [-0.3, -0.25) is 0 Å². The third kappa shape index (κ3) is 3.68. The molecule has 0 spiro atoms. The van der Waals surface area contributed by atoms with E-state index in [4.69, 9.17) is 14.2 Å².